The van der Waals surface area contributed by atoms with Crippen LogP contribution in [-0.4, -0.2) is 40.2 Å². The number of aliphatic carboxylic acids is 1. The number of rotatable bonds is 4. The first-order chi connectivity index (χ1) is 11.7. The van der Waals surface area contributed by atoms with Gasteiger partial charge in [-0.25, -0.2) is 4.98 Å². The number of hydrogen-bond donors (Lipinski definition) is 1. The van der Waals surface area contributed by atoms with Crippen molar-refractivity contribution in [2.24, 2.45) is 11.8 Å². The first-order valence-corrected chi connectivity index (χ1v) is 8.59. The molecule has 134 valence electrons. The molecule has 0 spiro atoms. The van der Waals surface area contributed by atoms with E-state index in [1.165, 1.54) is 11.3 Å². The topological polar surface area (TPSA) is 53.4 Å². The minimum absolute atomic E-state index is 0.0999. The van der Waals surface area contributed by atoms with Gasteiger partial charge in [0.1, 0.15) is 5.01 Å². The van der Waals surface area contributed by atoms with Crippen LogP contribution in [0.15, 0.2) is 30.5 Å². The fourth-order valence-electron chi connectivity index (χ4n) is 3.03. The molecule has 2 heterocycles. The fourth-order valence-corrected chi connectivity index (χ4v) is 3.99. The molecular weight excluding hydrogens is 353 g/mol. The quantitative estimate of drug-likeness (QED) is 0.889. The van der Waals surface area contributed by atoms with Crippen molar-refractivity contribution >= 4 is 17.3 Å². The zero-order valence-corrected chi connectivity index (χ0v) is 14.3. The van der Waals surface area contributed by atoms with E-state index in [1.807, 2.05) is 31.2 Å². The molecular formula is C17H17F3N2O2S. The molecule has 3 rings (SSSR count). The summed E-state index contributed by atoms with van der Waals surface area (Å²) in [7, 11) is 0. The molecule has 2 aromatic rings. The number of nitrogens with zero attached hydrogens (tertiary/aromatic N) is 2. The SMILES string of the molecule is Cc1ccc(-c2ncc(CN3C[C@@H](C(F)(F)F)[C@H](C(=O)O)C3)s2)cc1. The Morgan fingerprint density at radius 2 is 2.00 bits per heavy atom. The van der Waals surface area contributed by atoms with Gasteiger partial charge in [0, 0.05) is 36.3 Å². The van der Waals surface area contributed by atoms with E-state index in [9.17, 15) is 18.0 Å². The summed E-state index contributed by atoms with van der Waals surface area (Å²) in [4.78, 5) is 17.8. The van der Waals surface area contributed by atoms with Crippen molar-refractivity contribution in [1.82, 2.24) is 9.88 Å². The van der Waals surface area contributed by atoms with Crippen molar-refractivity contribution in [3.63, 3.8) is 0 Å². The third-order valence-electron chi connectivity index (χ3n) is 4.36. The van der Waals surface area contributed by atoms with Crippen LogP contribution in [0.3, 0.4) is 0 Å². The lowest BCUT2D eigenvalue weighted by molar-refractivity contribution is -0.188. The van der Waals surface area contributed by atoms with Gasteiger partial charge in [0.2, 0.25) is 0 Å². The van der Waals surface area contributed by atoms with Crippen molar-refractivity contribution in [2.75, 3.05) is 13.1 Å². The molecule has 1 saturated heterocycles. The van der Waals surface area contributed by atoms with Crippen molar-refractivity contribution in [3.8, 4) is 10.6 Å². The van der Waals surface area contributed by atoms with Crippen LogP contribution >= 0.6 is 11.3 Å². The number of likely N-dealkylation sites (tertiary alicyclic amines) is 1. The standard InChI is InChI=1S/C17H17F3N2O2S/c1-10-2-4-11(5-3-10)15-21-6-12(25-15)7-22-8-13(16(23)24)14(9-22)17(18,19)20/h2-6,13-14H,7-9H2,1H3,(H,23,24)/t13-,14-/m1/s1. The van der Waals surface area contributed by atoms with Gasteiger partial charge >= 0.3 is 12.1 Å². The summed E-state index contributed by atoms with van der Waals surface area (Å²) in [6.45, 7) is 1.87. The highest BCUT2D eigenvalue weighted by Crippen LogP contribution is 2.38. The van der Waals surface area contributed by atoms with Crippen LogP contribution in [-0.2, 0) is 11.3 Å². The number of carbonyl (C=O) groups is 1. The van der Waals surface area contributed by atoms with Crippen molar-refractivity contribution in [3.05, 3.63) is 40.9 Å². The second-order valence-electron chi connectivity index (χ2n) is 6.28. The normalized spacial score (nSPS) is 21.6. The maximum atomic E-state index is 13.0. The fraction of sp³-hybridized carbons (Fsp3) is 0.412. The Morgan fingerprint density at radius 1 is 1.32 bits per heavy atom. The van der Waals surface area contributed by atoms with E-state index >= 15 is 0 Å². The van der Waals surface area contributed by atoms with E-state index in [-0.39, 0.29) is 19.6 Å². The van der Waals surface area contributed by atoms with Gasteiger partial charge in [-0.2, -0.15) is 13.2 Å². The maximum absolute atomic E-state index is 13.0. The molecule has 0 amide bonds. The van der Waals surface area contributed by atoms with Crippen LogP contribution < -0.4 is 0 Å². The molecule has 2 atom stereocenters. The highest BCUT2D eigenvalue weighted by atomic mass is 32.1. The number of thiazole rings is 1. The van der Waals surface area contributed by atoms with Crippen molar-refractivity contribution in [1.29, 1.82) is 0 Å². The van der Waals surface area contributed by atoms with Crippen LogP contribution in [0.1, 0.15) is 10.4 Å². The molecule has 1 fully saturated rings. The predicted octanol–water partition coefficient (Wildman–Crippen LogP) is 3.81. The average Bonchev–Trinajstić information content (AvgIpc) is 3.15. The molecule has 0 unspecified atom stereocenters. The van der Waals surface area contributed by atoms with Gasteiger partial charge in [-0.1, -0.05) is 29.8 Å². The van der Waals surface area contributed by atoms with Gasteiger partial charge in [-0.3, -0.25) is 9.69 Å². The molecule has 8 heteroatoms. The second-order valence-corrected chi connectivity index (χ2v) is 7.40. The summed E-state index contributed by atoms with van der Waals surface area (Å²) in [5.41, 5.74) is 2.09. The van der Waals surface area contributed by atoms with Crippen LogP contribution in [0.2, 0.25) is 0 Å². The number of hydrogen-bond acceptors (Lipinski definition) is 4. The highest BCUT2D eigenvalue weighted by Gasteiger charge is 2.52. The number of aryl methyl sites for hydroxylation is 1. The predicted molar refractivity (Wildman–Crippen MR) is 88.2 cm³/mol. The zero-order valence-electron chi connectivity index (χ0n) is 13.5. The lowest BCUT2D eigenvalue weighted by atomic mass is 9.96. The molecule has 1 aromatic carbocycles. The Morgan fingerprint density at radius 3 is 2.56 bits per heavy atom. The molecule has 1 aliphatic heterocycles. The summed E-state index contributed by atoms with van der Waals surface area (Å²) < 4.78 is 39.1. The average molecular weight is 370 g/mol. The number of alkyl halides is 3. The summed E-state index contributed by atoms with van der Waals surface area (Å²) in [5.74, 6) is -4.63. The van der Waals surface area contributed by atoms with Gasteiger partial charge in [0.15, 0.2) is 0 Å². The molecule has 1 aliphatic rings. The Labute approximate surface area is 146 Å². The first-order valence-electron chi connectivity index (χ1n) is 7.77. The monoisotopic (exact) mass is 370 g/mol. The van der Waals surface area contributed by atoms with Crippen LogP contribution in [0.25, 0.3) is 10.6 Å². The Kier molecular flexibility index (Phi) is 4.83. The Bertz CT molecular complexity index is 758. The van der Waals surface area contributed by atoms with E-state index in [0.717, 1.165) is 21.0 Å². The van der Waals surface area contributed by atoms with E-state index in [0.29, 0.717) is 0 Å². The number of halogens is 3. The maximum Gasteiger partial charge on any atom is 0.393 e. The molecule has 0 saturated carbocycles. The summed E-state index contributed by atoms with van der Waals surface area (Å²) >= 11 is 1.42. The van der Waals surface area contributed by atoms with E-state index in [1.54, 1.807) is 11.1 Å². The van der Waals surface area contributed by atoms with Crippen molar-refractivity contribution in [2.45, 2.75) is 19.6 Å². The molecule has 0 radical (unpaired) electrons. The van der Waals surface area contributed by atoms with Gasteiger partial charge in [0.25, 0.3) is 0 Å². The Hall–Kier alpha value is -1.93. The molecule has 0 aliphatic carbocycles. The highest BCUT2D eigenvalue weighted by molar-refractivity contribution is 7.15. The molecule has 25 heavy (non-hydrogen) atoms. The summed E-state index contributed by atoms with van der Waals surface area (Å²) in [6, 6.07) is 7.85. The summed E-state index contributed by atoms with van der Waals surface area (Å²) in [5, 5.41) is 9.87. The van der Waals surface area contributed by atoms with Gasteiger partial charge in [-0.15, -0.1) is 11.3 Å². The minimum Gasteiger partial charge on any atom is -0.481 e. The smallest absolute Gasteiger partial charge is 0.393 e. The van der Waals surface area contributed by atoms with E-state index in [4.69, 9.17) is 5.11 Å². The number of aromatic nitrogens is 1. The number of carboxylic acid groups (broad SMARTS) is 1. The van der Waals surface area contributed by atoms with E-state index in [2.05, 4.69) is 4.98 Å². The van der Waals surface area contributed by atoms with Gasteiger partial charge in [-0.05, 0) is 6.92 Å². The van der Waals surface area contributed by atoms with E-state index < -0.39 is 24.0 Å². The van der Waals surface area contributed by atoms with Crippen LogP contribution in [0, 0.1) is 18.8 Å². The van der Waals surface area contributed by atoms with Crippen LogP contribution in [0.5, 0.6) is 0 Å². The molecule has 1 aromatic heterocycles. The van der Waals surface area contributed by atoms with Crippen LogP contribution in [0.4, 0.5) is 13.2 Å². The molecule has 0 bridgehead atoms. The number of carboxylic acids is 1. The van der Waals surface area contributed by atoms with Crippen molar-refractivity contribution < 1.29 is 23.1 Å². The zero-order chi connectivity index (χ0) is 18.2. The first kappa shape index (κ1) is 17.9. The minimum atomic E-state index is -4.50. The third-order valence-corrected chi connectivity index (χ3v) is 5.40. The van der Waals surface area contributed by atoms with Gasteiger partial charge < -0.3 is 5.11 Å². The van der Waals surface area contributed by atoms with Gasteiger partial charge in [0.05, 0.1) is 11.8 Å². The third kappa shape index (κ3) is 4.01. The molecule has 4 nitrogen and oxygen atoms in total. The number of benzene rings is 1. The molecule has 1 N–H and O–H groups in total. The lowest BCUT2D eigenvalue weighted by Crippen LogP contribution is -2.33. The second kappa shape index (κ2) is 6.76. The summed E-state index contributed by atoms with van der Waals surface area (Å²) in [6.07, 6.45) is -2.85. The Balaban J connectivity index is 1.71. The lowest BCUT2D eigenvalue weighted by Gasteiger charge is -2.18. The largest absolute Gasteiger partial charge is 0.481 e.